The van der Waals surface area contributed by atoms with Gasteiger partial charge in [-0.3, -0.25) is 0 Å². The van der Waals surface area contributed by atoms with Crippen LogP contribution in [0, 0.1) is 6.92 Å². The first-order chi connectivity index (χ1) is 10.2. The fourth-order valence-electron chi connectivity index (χ4n) is 1.77. The van der Waals surface area contributed by atoms with E-state index in [1.807, 2.05) is 42.6 Å². The van der Waals surface area contributed by atoms with E-state index in [1.165, 1.54) is 13.2 Å². The number of esters is 1. The highest BCUT2D eigenvalue weighted by atomic mass is 32.1. The number of carbonyl (C=O) groups excluding carboxylic acids is 1. The van der Waals surface area contributed by atoms with Crippen molar-refractivity contribution in [3.63, 3.8) is 0 Å². The Hall–Kier alpha value is -2.11. The minimum Gasteiger partial charge on any atom is -0.463 e. The quantitative estimate of drug-likeness (QED) is 0.524. The number of hydrogen-bond acceptors (Lipinski definition) is 5. The van der Waals surface area contributed by atoms with Gasteiger partial charge < -0.3 is 14.6 Å². The van der Waals surface area contributed by atoms with Crippen molar-refractivity contribution in [3.05, 3.63) is 53.1 Å². The molecule has 2 rings (SSSR count). The topological polar surface area (TPSA) is 55.8 Å². The summed E-state index contributed by atoms with van der Waals surface area (Å²) in [6.45, 7) is 1.59. The molecule has 2 aromatic rings. The molecule has 1 aromatic carbocycles. The molecular formula is C16H16O4S. The molecular weight excluding hydrogens is 288 g/mol. The molecule has 0 unspecified atom stereocenters. The van der Waals surface area contributed by atoms with Crippen molar-refractivity contribution in [1.82, 2.24) is 0 Å². The van der Waals surface area contributed by atoms with Crippen LogP contribution in [0.15, 0.2) is 47.5 Å². The second-order valence-electron chi connectivity index (χ2n) is 4.30. The van der Waals surface area contributed by atoms with Crippen molar-refractivity contribution >= 4 is 17.3 Å². The predicted octanol–water partition coefficient (Wildman–Crippen LogP) is 3.15. The van der Waals surface area contributed by atoms with Gasteiger partial charge in [0.1, 0.15) is 5.75 Å². The molecule has 0 spiro atoms. The second-order valence-corrected chi connectivity index (χ2v) is 5.25. The Labute approximate surface area is 127 Å². The van der Waals surface area contributed by atoms with E-state index < -0.39 is 5.97 Å². The molecule has 1 N–H and O–H groups in total. The van der Waals surface area contributed by atoms with Crippen LogP contribution in [0.2, 0.25) is 0 Å². The summed E-state index contributed by atoms with van der Waals surface area (Å²) in [6, 6.07) is 9.80. The third-order valence-electron chi connectivity index (χ3n) is 2.88. The van der Waals surface area contributed by atoms with Crippen molar-refractivity contribution in [1.29, 1.82) is 0 Å². The van der Waals surface area contributed by atoms with Crippen LogP contribution in [0.1, 0.15) is 5.56 Å². The number of thiophene rings is 1. The molecule has 0 radical (unpaired) electrons. The Kier molecular flexibility index (Phi) is 5.14. The molecule has 0 saturated carbocycles. The molecule has 0 aliphatic rings. The number of methoxy groups -OCH3 is 1. The van der Waals surface area contributed by atoms with Crippen LogP contribution < -0.4 is 4.74 Å². The monoisotopic (exact) mass is 304 g/mol. The maximum absolute atomic E-state index is 11.6. The van der Waals surface area contributed by atoms with Gasteiger partial charge >= 0.3 is 5.97 Å². The van der Waals surface area contributed by atoms with Crippen LogP contribution >= 0.6 is 11.3 Å². The summed E-state index contributed by atoms with van der Waals surface area (Å²) in [6.07, 6.45) is 1.28. The third kappa shape index (κ3) is 3.71. The van der Waals surface area contributed by atoms with Crippen molar-refractivity contribution in [3.8, 4) is 16.2 Å². The van der Waals surface area contributed by atoms with Crippen LogP contribution in [0.5, 0.6) is 5.75 Å². The number of rotatable bonds is 5. The van der Waals surface area contributed by atoms with Gasteiger partial charge in [0.2, 0.25) is 5.76 Å². The summed E-state index contributed by atoms with van der Waals surface area (Å²) in [4.78, 5) is 12.7. The molecule has 0 amide bonds. The van der Waals surface area contributed by atoms with Gasteiger partial charge in [0.15, 0.2) is 0 Å². The molecule has 0 fully saturated rings. The number of ether oxygens (including phenoxy) is 2. The lowest BCUT2D eigenvalue weighted by Crippen LogP contribution is -2.12. The van der Waals surface area contributed by atoms with Gasteiger partial charge in [0.05, 0.1) is 13.7 Å². The molecule has 0 aliphatic carbocycles. The molecule has 0 saturated heterocycles. The molecule has 21 heavy (non-hydrogen) atoms. The van der Waals surface area contributed by atoms with Gasteiger partial charge in [-0.1, -0.05) is 18.2 Å². The summed E-state index contributed by atoms with van der Waals surface area (Å²) in [7, 11) is 1.27. The van der Waals surface area contributed by atoms with Crippen LogP contribution in [0.3, 0.4) is 0 Å². The largest absolute Gasteiger partial charge is 0.463 e. The maximum atomic E-state index is 11.6. The lowest BCUT2D eigenvalue weighted by molar-refractivity contribution is -0.138. The Morgan fingerprint density at radius 3 is 2.81 bits per heavy atom. The van der Waals surface area contributed by atoms with E-state index >= 15 is 0 Å². The van der Waals surface area contributed by atoms with E-state index in [0.717, 1.165) is 16.0 Å². The SMILES string of the molecule is COC(=O)/C(=C/CO)Oc1cc(-c2cccs2)ccc1C. The number of aryl methyl sites for hydroxylation is 1. The zero-order chi connectivity index (χ0) is 15.2. The summed E-state index contributed by atoms with van der Waals surface area (Å²) >= 11 is 1.63. The Bertz CT molecular complexity index is 644. The molecule has 110 valence electrons. The van der Waals surface area contributed by atoms with E-state index in [1.54, 1.807) is 11.3 Å². The molecule has 0 atom stereocenters. The molecule has 0 aliphatic heterocycles. The third-order valence-corrected chi connectivity index (χ3v) is 3.80. The summed E-state index contributed by atoms with van der Waals surface area (Å²) in [5, 5.41) is 11.0. The number of aliphatic hydroxyl groups excluding tert-OH is 1. The molecule has 1 heterocycles. The van der Waals surface area contributed by atoms with Gasteiger partial charge in [-0.15, -0.1) is 11.3 Å². The Morgan fingerprint density at radius 1 is 1.38 bits per heavy atom. The zero-order valence-corrected chi connectivity index (χ0v) is 12.6. The van der Waals surface area contributed by atoms with Crippen molar-refractivity contribution in [2.24, 2.45) is 0 Å². The first-order valence-corrected chi connectivity index (χ1v) is 7.25. The number of hydrogen-bond donors (Lipinski definition) is 1. The molecule has 0 bridgehead atoms. The van der Waals surface area contributed by atoms with E-state index in [-0.39, 0.29) is 12.4 Å². The predicted molar refractivity (Wildman–Crippen MR) is 82.3 cm³/mol. The van der Waals surface area contributed by atoms with Crippen molar-refractivity contribution < 1.29 is 19.4 Å². The highest BCUT2D eigenvalue weighted by Crippen LogP contribution is 2.30. The first-order valence-electron chi connectivity index (χ1n) is 6.37. The number of benzene rings is 1. The van der Waals surface area contributed by atoms with Gasteiger partial charge in [-0.05, 0) is 41.6 Å². The molecule has 4 nitrogen and oxygen atoms in total. The Morgan fingerprint density at radius 2 is 2.19 bits per heavy atom. The van der Waals surface area contributed by atoms with E-state index in [4.69, 9.17) is 9.84 Å². The van der Waals surface area contributed by atoms with Gasteiger partial charge in [0, 0.05) is 4.88 Å². The van der Waals surface area contributed by atoms with Crippen LogP contribution in [0.4, 0.5) is 0 Å². The van der Waals surface area contributed by atoms with E-state index in [2.05, 4.69) is 4.74 Å². The average molecular weight is 304 g/mol. The number of carbonyl (C=O) groups is 1. The highest BCUT2D eigenvalue weighted by molar-refractivity contribution is 7.13. The highest BCUT2D eigenvalue weighted by Gasteiger charge is 2.14. The lowest BCUT2D eigenvalue weighted by Gasteiger charge is -2.11. The van der Waals surface area contributed by atoms with Crippen LogP contribution in [-0.2, 0) is 9.53 Å². The van der Waals surface area contributed by atoms with Crippen molar-refractivity contribution in [2.45, 2.75) is 6.92 Å². The maximum Gasteiger partial charge on any atom is 0.373 e. The first kappa shape index (κ1) is 15.3. The standard InChI is InChI=1S/C16H16O4S/c1-11-5-6-12(15-4-3-9-21-15)10-14(11)20-13(7-8-17)16(18)19-2/h3-7,9-10,17H,8H2,1-2H3/b13-7-. The minimum absolute atomic E-state index is 0.0218. The summed E-state index contributed by atoms with van der Waals surface area (Å²) in [5.41, 5.74) is 1.90. The fraction of sp³-hybridized carbons (Fsp3) is 0.188. The minimum atomic E-state index is -0.620. The zero-order valence-electron chi connectivity index (χ0n) is 11.8. The van der Waals surface area contributed by atoms with Crippen LogP contribution in [-0.4, -0.2) is 24.8 Å². The normalized spacial score (nSPS) is 11.3. The molecule has 5 heteroatoms. The second kappa shape index (κ2) is 7.06. The number of aliphatic hydroxyl groups is 1. The van der Waals surface area contributed by atoms with Gasteiger partial charge in [-0.25, -0.2) is 4.79 Å². The average Bonchev–Trinajstić information content (AvgIpc) is 3.02. The smallest absolute Gasteiger partial charge is 0.373 e. The van der Waals surface area contributed by atoms with Crippen LogP contribution in [0.25, 0.3) is 10.4 Å². The fourth-order valence-corrected chi connectivity index (χ4v) is 2.50. The summed E-state index contributed by atoms with van der Waals surface area (Å²) < 4.78 is 10.2. The van der Waals surface area contributed by atoms with Gasteiger partial charge in [-0.2, -0.15) is 0 Å². The molecule has 1 aromatic heterocycles. The van der Waals surface area contributed by atoms with Gasteiger partial charge in [0.25, 0.3) is 0 Å². The summed E-state index contributed by atoms with van der Waals surface area (Å²) in [5.74, 6) is -0.0811. The Balaban J connectivity index is 2.32. The van der Waals surface area contributed by atoms with E-state index in [9.17, 15) is 4.79 Å². The lowest BCUT2D eigenvalue weighted by atomic mass is 10.1. The van der Waals surface area contributed by atoms with Crippen molar-refractivity contribution in [2.75, 3.05) is 13.7 Å². The van der Waals surface area contributed by atoms with E-state index in [0.29, 0.717) is 5.75 Å².